The summed E-state index contributed by atoms with van der Waals surface area (Å²) >= 11 is 6.42. The third-order valence-corrected chi connectivity index (χ3v) is 7.01. The van der Waals surface area contributed by atoms with Crippen LogP contribution in [0.15, 0.2) is 31.0 Å². The summed E-state index contributed by atoms with van der Waals surface area (Å²) in [5.41, 5.74) is 2.22. The van der Waals surface area contributed by atoms with Crippen molar-refractivity contribution in [2.24, 2.45) is 0 Å². The zero-order valence-corrected chi connectivity index (χ0v) is 18.7. The Kier molecular flexibility index (Phi) is 8.15. The Balaban J connectivity index is 1.66. The monoisotopic (exact) mass is 457 g/mol. The molecule has 0 saturated carbocycles. The molecule has 0 amide bonds. The summed E-state index contributed by atoms with van der Waals surface area (Å²) in [4.78, 5) is 3.13. The van der Waals surface area contributed by atoms with Gasteiger partial charge >= 0.3 is 10.2 Å². The van der Waals surface area contributed by atoms with E-state index in [9.17, 15) is 8.42 Å². The zero-order valence-electron chi connectivity index (χ0n) is 17.1. The Labute approximate surface area is 182 Å². The zero-order chi connectivity index (χ0) is 21.6. The Bertz CT molecular complexity index is 963. The minimum atomic E-state index is -3.69. The fourth-order valence-corrected chi connectivity index (χ4v) is 5.42. The van der Waals surface area contributed by atoms with Crippen molar-refractivity contribution < 1.29 is 22.6 Å². The van der Waals surface area contributed by atoms with Crippen molar-refractivity contribution >= 4 is 38.4 Å². The molecule has 0 fully saturated rings. The second-order valence-corrected chi connectivity index (χ2v) is 9.12. The lowest BCUT2D eigenvalue weighted by atomic mass is 10.1. The van der Waals surface area contributed by atoms with Gasteiger partial charge in [-0.2, -0.15) is 12.7 Å². The fourth-order valence-electron chi connectivity index (χ4n) is 3.46. The van der Waals surface area contributed by atoms with E-state index in [2.05, 4.69) is 11.6 Å². The van der Waals surface area contributed by atoms with Crippen LogP contribution in [-0.4, -0.2) is 70.9 Å². The minimum absolute atomic E-state index is 0.177. The van der Waals surface area contributed by atoms with Gasteiger partial charge in [0.1, 0.15) is 0 Å². The lowest BCUT2D eigenvalue weighted by molar-refractivity contribution is 0.0236. The quantitative estimate of drug-likeness (QED) is 0.391. The maximum absolute atomic E-state index is 13.3. The number of benzene rings is 1. The van der Waals surface area contributed by atoms with Gasteiger partial charge in [0.2, 0.25) is 0 Å². The van der Waals surface area contributed by atoms with Gasteiger partial charge in [-0.25, -0.2) is 0 Å². The Hall–Kier alpha value is -1.62. The molecule has 0 saturated heterocycles. The molecular weight excluding hydrogens is 430 g/mol. The van der Waals surface area contributed by atoms with Crippen LogP contribution in [0.5, 0.6) is 0 Å². The number of fused-ring (bicyclic) bond motifs is 3. The van der Waals surface area contributed by atoms with Gasteiger partial charge in [0.15, 0.2) is 0 Å². The largest absolute Gasteiger partial charge is 0.382 e. The molecule has 1 aliphatic heterocycles. The van der Waals surface area contributed by atoms with Crippen LogP contribution in [0.2, 0.25) is 5.02 Å². The number of H-pyrrole nitrogens is 1. The molecule has 0 unspecified atom stereocenters. The summed E-state index contributed by atoms with van der Waals surface area (Å²) < 4.78 is 45.2. The van der Waals surface area contributed by atoms with Crippen LogP contribution in [0.25, 0.3) is 10.9 Å². The number of aromatic amines is 1. The molecule has 0 radical (unpaired) electrons. The highest BCUT2D eigenvalue weighted by molar-refractivity contribution is 7.90. The van der Waals surface area contributed by atoms with Gasteiger partial charge in [-0.15, -0.1) is 6.58 Å². The number of rotatable bonds is 12. The topological polar surface area (TPSA) is 84.1 Å². The second kappa shape index (κ2) is 10.6. The van der Waals surface area contributed by atoms with Crippen molar-refractivity contribution in [3.05, 3.63) is 41.6 Å². The molecule has 8 nitrogen and oxygen atoms in total. The van der Waals surface area contributed by atoms with Gasteiger partial charge in [-0.05, 0) is 24.1 Å². The standard InChI is InChI=1S/C20H28ClN3O5S/c1-3-7-24-20-16(14-18(21)17-5-6-22-19(17)20)15-23(30(24,25)26)8-4-9-28-12-13-29-11-10-27-2/h3,5-6,14,22H,1,4,7-13,15H2,2H3. The molecule has 0 spiro atoms. The molecule has 1 aliphatic rings. The van der Waals surface area contributed by atoms with Crippen LogP contribution in [0, 0.1) is 0 Å². The average molecular weight is 458 g/mol. The maximum Gasteiger partial charge on any atom is 0.304 e. The van der Waals surface area contributed by atoms with E-state index >= 15 is 0 Å². The van der Waals surface area contributed by atoms with E-state index in [0.717, 1.165) is 16.5 Å². The van der Waals surface area contributed by atoms with Crippen molar-refractivity contribution in [1.82, 2.24) is 9.29 Å². The molecule has 3 rings (SSSR count). The highest BCUT2D eigenvalue weighted by atomic mass is 35.5. The van der Waals surface area contributed by atoms with E-state index < -0.39 is 10.2 Å². The van der Waals surface area contributed by atoms with Gasteiger partial charge in [0, 0.05) is 38.4 Å². The number of hydrogen-bond donors (Lipinski definition) is 1. The molecule has 166 valence electrons. The molecule has 0 bridgehead atoms. The lowest BCUT2D eigenvalue weighted by Gasteiger charge is -2.37. The van der Waals surface area contributed by atoms with E-state index in [-0.39, 0.29) is 13.1 Å². The molecular formula is C20H28ClN3O5S. The van der Waals surface area contributed by atoms with Crippen LogP contribution >= 0.6 is 11.6 Å². The summed E-state index contributed by atoms with van der Waals surface area (Å²) in [5, 5.41) is 1.40. The molecule has 30 heavy (non-hydrogen) atoms. The van der Waals surface area contributed by atoms with Crippen molar-refractivity contribution in [1.29, 1.82) is 0 Å². The van der Waals surface area contributed by atoms with Gasteiger partial charge in [-0.3, -0.25) is 4.31 Å². The highest BCUT2D eigenvalue weighted by Crippen LogP contribution is 2.40. The second-order valence-electron chi connectivity index (χ2n) is 6.86. The van der Waals surface area contributed by atoms with Gasteiger partial charge in [-0.1, -0.05) is 17.7 Å². The molecule has 1 aromatic carbocycles. The third kappa shape index (κ3) is 4.99. The number of aromatic nitrogens is 1. The third-order valence-electron chi connectivity index (χ3n) is 4.84. The van der Waals surface area contributed by atoms with Crippen LogP contribution in [0.4, 0.5) is 5.69 Å². The molecule has 1 N–H and O–H groups in total. The summed E-state index contributed by atoms with van der Waals surface area (Å²) in [7, 11) is -2.07. The number of halogens is 1. The number of methoxy groups -OCH3 is 1. The van der Waals surface area contributed by atoms with Crippen LogP contribution in [0.3, 0.4) is 0 Å². The number of ether oxygens (including phenoxy) is 3. The van der Waals surface area contributed by atoms with E-state index in [1.54, 1.807) is 19.4 Å². The van der Waals surface area contributed by atoms with Crippen LogP contribution in [-0.2, 0) is 31.0 Å². The van der Waals surface area contributed by atoms with Crippen molar-refractivity contribution in [2.45, 2.75) is 13.0 Å². The first-order valence-corrected chi connectivity index (χ1v) is 11.6. The predicted octanol–water partition coefficient (Wildman–Crippen LogP) is 2.94. The van der Waals surface area contributed by atoms with E-state index in [1.165, 1.54) is 8.61 Å². The summed E-state index contributed by atoms with van der Waals surface area (Å²) in [6.45, 7) is 6.99. The van der Waals surface area contributed by atoms with Crippen molar-refractivity contribution in [2.75, 3.05) is 57.5 Å². The number of anilines is 1. The number of nitrogens with one attached hydrogen (secondary N) is 1. The fraction of sp³-hybridized carbons (Fsp3) is 0.500. The van der Waals surface area contributed by atoms with Crippen molar-refractivity contribution in [3.63, 3.8) is 0 Å². The van der Waals surface area contributed by atoms with Crippen LogP contribution < -0.4 is 4.31 Å². The first-order chi connectivity index (χ1) is 14.5. The van der Waals surface area contributed by atoms with Crippen molar-refractivity contribution in [3.8, 4) is 0 Å². The first kappa shape index (κ1) is 23.1. The Morgan fingerprint density at radius 3 is 2.70 bits per heavy atom. The maximum atomic E-state index is 13.3. The van der Waals surface area contributed by atoms with Gasteiger partial charge in [0.25, 0.3) is 0 Å². The predicted molar refractivity (Wildman–Crippen MR) is 118 cm³/mol. The molecule has 10 heteroatoms. The smallest absolute Gasteiger partial charge is 0.304 e. The molecule has 0 atom stereocenters. The molecule has 2 aromatic rings. The minimum Gasteiger partial charge on any atom is -0.382 e. The summed E-state index contributed by atoms with van der Waals surface area (Å²) in [6.07, 6.45) is 3.92. The highest BCUT2D eigenvalue weighted by Gasteiger charge is 2.37. The Morgan fingerprint density at radius 1 is 1.23 bits per heavy atom. The SMILES string of the molecule is C=CCN1c2c(cc(Cl)c3cc[nH]c23)CN(CCCOCCOCCOC)S1(=O)=O. The van der Waals surface area contributed by atoms with Gasteiger partial charge < -0.3 is 19.2 Å². The number of hydrogen-bond acceptors (Lipinski definition) is 5. The Morgan fingerprint density at radius 2 is 1.97 bits per heavy atom. The number of nitrogens with zero attached hydrogens (tertiary/aromatic N) is 2. The lowest BCUT2D eigenvalue weighted by Crippen LogP contribution is -2.48. The molecule has 1 aromatic heterocycles. The van der Waals surface area contributed by atoms with E-state index in [1.807, 2.05) is 12.1 Å². The summed E-state index contributed by atoms with van der Waals surface area (Å²) in [5.74, 6) is 0. The van der Waals surface area contributed by atoms with Crippen LogP contribution in [0.1, 0.15) is 12.0 Å². The molecule has 0 aliphatic carbocycles. The first-order valence-electron chi connectivity index (χ1n) is 9.82. The normalized spacial score (nSPS) is 16.1. The van der Waals surface area contributed by atoms with E-state index in [0.29, 0.717) is 56.7 Å². The van der Waals surface area contributed by atoms with Gasteiger partial charge in [0.05, 0.1) is 49.2 Å². The summed E-state index contributed by atoms with van der Waals surface area (Å²) in [6, 6.07) is 3.69. The van der Waals surface area contributed by atoms with E-state index in [4.69, 9.17) is 25.8 Å². The average Bonchev–Trinajstić information content (AvgIpc) is 3.20. The molecule has 2 heterocycles.